The van der Waals surface area contributed by atoms with E-state index in [2.05, 4.69) is 22.4 Å². The van der Waals surface area contributed by atoms with Crippen LogP contribution in [-0.2, 0) is 0 Å². The molecule has 0 aliphatic heterocycles. The van der Waals surface area contributed by atoms with Crippen LogP contribution in [0.1, 0.15) is 61.6 Å². The number of rotatable bonds is 6. The van der Waals surface area contributed by atoms with Crippen molar-refractivity contribution in [2.75, 3.05) is 0 Å². The first-order valence-corrected chi connectivity index (χ1v) is 6.10. The van der Waals surface area contributed by atoms with E-state index in [0.717, 1.165) is 32.1 Å². The molecule has 17 heavy (non-hydrogen) atoms. The normalized spacial score (nSPS) is 16.8. The molecule has 1 heterocycles. The molecule has 0 spiro atoms. The lowest BCUT2D eigenvalue weighted by atomic mass is 10.1. The summed E-state index contributed by atoms with van der Waals surface area (Å²) in [5.74, 6) is 0.156. The predicted molar refractivity (Wildman–Crippen MR) is 61.2 cm³/mol. The second-order valence-corrected chi connectivity index (χ2v) is 4.45. The zero-order chi connectivity index (χ0) is 12.3. The Morgan fingerprint density at radius 2 is 2.41 bits per heavy atom. The van der Waals surface area contributed by atoms with Crippen LogP contribution in [0.4, 0.5) is 0 Å². The summed E-state index contributed by atoms with van der Waals surface area (Å²) in [5, 5.41) is 6.45. The molecule has 1 aromatic heterocycles. The Labute approximate surface area is 99.9 Å². The molecule has 1 atom stereocenters. The minimum atomic E-state index is -0.273. The number of aromatic nitrogens is 2. The summed E-state index contributed by atoms with van der Waals surface area (Å²) in [4.78, 5) is 15.6. The van der Waals surface area contributed by atoms with Gasteiger partial charge >= 0.3 is 0 Å². The van der Waals surface area contributed by atoms with E-state index in [1.807, 2.05) is 0 Å². The van der Waals surface area contributed by atoms with Crippen molar-refractivity contribution in [1.82, 2.24) is 15.5 Å². The minimum absolute atomic E-state index is 0.0823. The lowest BCUT2D eigenvalue weighted by Gasteiger charge is -2.03. The number of nitrogens with two attached hydrogens (primary N) is 1. The van der Waals surface area contributed by atoms with Crippen molar-refractivity contribution in [2.24, 2.45) is 5.73 Å². The molecular formula is C11H18N4O2. The predicted octanol–water partition coefficient (Wildman–Crippen LogP) is 1.15. The van der Waals surface area contributed by atoms with E-state index in [9.17, 15) is 4.79 Å². The van der Waals surface area contributed by atoms with Gasteiger partial charge in [-0.1, -0.05) is 24.9 Å². The van der Waals surface area contributed by atoms with E-state index < -0.39 is 0 Å². The van der Waals surface area contributed by atoms with Crippen LogP contribution in [-0.4, -0.2) is 22.1 Å². The summed E-state index contributed by atoms with van der Waals surface area (Å²) in [7, 11) is 0. The van der Waals surface area contributed by atoms with Gasteiger partial charge in [-0.3, -0.25) is 4.79 Å². The number of hydrogen-bond acceptors (Lipinski definition) is 5. The lowest BCUT2D eigenvalue weighted by Crippen LogP contribution is -2.26. The second kappa shape index (κ2) is 5.27. The molecule has 0 bridgehead atoms. The molecule has 0 saturated heterocycles. The molecule has 6 nitrogen and oxygen atoms in total. The van der Waals surface area contributed by atoms with Gasteiger partial charge in [0, 0.05) is 6.04 Å². The van der Waals surface area contributed by atoms with E-state index >= 15 is 0 Å². The third-order valence-corrected chi connectivity index (χ3v) is 2.74. The molecular weight excluding hydrogens is 220 g/mol. The smallest absolute Gasteiger partial charge is 0.292 e. The lowest BCUT2D eigenvalue weighted by molar-refractivity contribution is 0.0937. The van der Waals surface area contributed by atoms with E-state index in [1.54, 1.807) is 0 Å². The Balaban J connectivity index is 1.91. The molecule has 1 aromatic rings. The first kappa shape index (κ1) is 12.0. The first-order chi connectivity index (χ1) is 8.20. The van der Waals surface area contributed by atoms with E-state index in [0.29, 0.717) is 11.9 Å². The van der Waals surface area contributed by atoms with Crippen LogP contribution in [0, 0.1) is 0 Å². The monoisotopic (exact) mass is 238 g/mol. The highest BCUT2D eigenvalue weighted by atomic mass is 16.5. The molecule has 0 radical (unpaired) electrons. The molecule has 0 unspecified atom stereocenters. The average molecular weight is 238 g/mol. The molecule has 0 aromatic carbocycles. The molecule has 1 amide bonds. The van der Waals surface area contributed by atoms with Crippen molar-refractivity contribution in [2.45, 2.75) is 51.1 Å². The van der Waals surface area contributed by atoms with Crippen molar-refractivity contribution in [3.8, 4) is 0 Å². The van der Waals surface area contributed by atoms with Gasteiger partial charge in [0.2, 0.25) is 5.89 Å². The third kappa shape index (κ3) is 3.26. The molecule has 6 heteroatoms. The van der Waals surface area contributed by atoms with Crippen molar-refractivity contribution < 1.29 is 9.32 Å². The van der Waals surface area contributed by atoms with Crippen LogP contribution in [0.5, 0.6) is 0 Å². The number of unbranched alkanes of at least 4 members (excludes halogenated alkanes) is 1. The van der Waals surface area contributed by atoms with Gasteiger partial charge in [-0.05, 0) is 19.3 Å². The number of carbonyl (C=O) groups is 1. The highest BCUT2D eigenvalue weighted by Crippen LogP contribution is 2.19. The molecule has 1 saturated carbocycles. The Morgan fingerprint density at radius 3 is 3.06 bits per heavy atom. The third-order valence-electron chi connectivity index (χ3n) is 2.74. The standard InChI is InChI=1S/C11H18N4O2/c1-2-3-4-8(12)11-14-9(15-17-11)10(16)13-7-5-6-7/h7-8H,2-6,12H2,1H3,(H,13,16)/t8-/m0/s1. The van der Waals surface area contributed by atoms with Gasteiger partial charge in [0.05, 0.1) is 6.04 Å². The van der Waals surface area contributed by atoms with Gasteiger partial charge < -0.3 is 15.6 Å². The van der Waals surface area contributed by atoms with Crippen LogP contribution < -0.4 is 11.1 Å². The first-order valence-electron chi connectivity index (χ1n) is 6.10. The van der Waals surface area contributed by atoms with Crippen molar-refractivity contribution in [3.63, 3.8) is 0 Å². The van der Waals surface area contributed by atoms with Crippen molar-refractivity contribution in [1.29, 1.82) is 0 Å². The molecule has 3 N–H and O–H groups in total. The van der Waals surface area contributed by atoms with Crippen LogP contribution in [0.15, 0.2) is 4.52 Å². The largest absolute Gasteiger partial charge is 0.346 e. The summed E-state index contributed by atoms with van der Waals surface area (Å²) in [5.41, 5.74) is 5.88. The Morgan fingerprint density at radius 1 is 1.65 bits per heavy atom. The molecule has 94 valence electrons. The van der Waals surface area contributed by atoms with E-state index in [-0.39, 0.29) is 17.8 Å². The molecule has 1 fully saturated rings. The highest BCUT2D eigenvalue weighted by molar-refractivity contribution is 5.90. The van der Waals surface area contributed by atoms with Crippen molar-refractivity contribution in [3.05, 3.63) is 11.7 Å². The molecule has 1 aliphatic carbocycles. The maximum Gasteiger partial charge on any atom is 0.292 e. The fraction of sp³-hybridized carbons (Fsp3) is 0.727. The summed E-state index contributed by atoms with van der Waals surface area (Å²) in [6.45, 7) is 2.09. The van der Waals surface area contributed by atoms with Gasteiger partial charge in [0.1, 0.15) is 0 Å². The Bertz CT molecular complexity index is 387. The van der Waals surface area contributed by atoms with Crippen LogP contribution in [0.25, 0.3) is 0 Å². The zero-order valence-corrected chi connectivity index (χ0v) is 9.98. The maximum absolute atomic E-state index is 11.6. The summed E-state index contributed by atoms with van der Waals surface area (Å²) >= 11 is 0. The number of carbonyl (C=O) groups excluding carboxylic acids is 1. The van der Waals surface area contributed by atoms with Crippen LogP contribution >= 0.6 is 0 Å². The summed E-state index contributed by atoms with van der Waals surface area (Å²) < 4.78 is 5.00. The van der Waals surface area contributed by atoms with Gasteiger partial charge in [-0.2, -0.15) is 4.98 Å². The number of nitrogens with one attached hydrogen (secondary N) is 1. The van der Waals surface area contributed by atoms with Gasteiger partial charge in [-0.15, -0.1) is 0 Å². The summed E-state index contributed by atoms with van der Waals surface area (Å²) in [6.07, 6.45) is 4.94. The Kier molecular flexibility index (Phi) is 3.73. The Hall–Kier alpha value is -1.43. The quantitative estimate of drug-likeness (QED) is 0.775. The topological polar surface area (TPSA) is 94.0 Å². The van der Waals surface area contributed by atoms with Crippen LogP contribution in [0.3, 0.4) is 0 Å². The fourth-order valence-corrected chi connectivity index (χ4v) is 1.50. The molecule has 2 rings (SSSR count). The average Bonchev–Trinajstić information content (AvgIpc) is 2.99. The minimum Gasteiger partial charge on any atom is -0.346 e. The van der Waals surface area contributed by atoms with Gasteiger partial charge in [0.25, 0.3) is 11.7 Å². The summed E-state index contributed by atoms with van der Waals surface area (Å²) in [6, 6.07) is 0.0168. The maximum atomic E-state index is 11.6. The highest BCUT2D eigenvalue weighted by Gasteiger charge is 2.26. The number of hydrogen-bond donors (Lipinski definition) is 2. The van der Waals surface area contributed by atoms with Crippen molar-refractivity contribution >= 4 is 5.91 Å². The van der Waals surface area contributed by atoms with E-state index in [4.69, 9.17) is 10.3 Å². The van der Waals surface area contributed by atoms with Gasteiger partial charge in [0.15, 0.2) is 0 Å². The van der Waals surface area contributed by atoms with Gasteiger partial charge in [-0.25, -0.2) is 0 Å². The fourth-order valence-electron chi connectivity index (χ4n) is 1.50. The zero-order valence-electron chi connectivity index (χ0n) is 9.98. The van der Waals surface area contributed by atoms with Crippen LogP contribution in [0.2, 0.25) is 0 Å². The number of nitrogens with zero attached hydrogens (tertiary/aromatic N) is 2. The molecule has 1 aliphatic rings. The SMILES string of the molecule is CCCC[C@H](N)c1nc(C(=O)NC2CC2)no1. The van der Waals surface area contributed by atoms with E-state index in [1.165, 1.54) is 0 Å². The number of amides is 1. The second-order valence-electron chi connectivity index (χ2n) is 4.45.